The molecular weight excluding hydrogens is 404 g/mol. The maximum atomic E-state index is 12.8. The zero-order valence-electron chi connectivity index (χ0n) is 16.6. The monoisotopic (exact) mass is 426 g/mol. The summed E-state index contributed by atoms with van der Waals surface area (Å²) in [6.07, 6.45) is 2.52. The van der Waals surface area contributed by atoms with Crippen molar-refractivity contribution in [2.24, 2.45) is 0 Å². The molecule has 4 rings (SSSR count). The molecule has 0 saturated carbocycles. The summed E-state index contributed by atoms with van der Waals surface area (Å²) >= 11 is 0. The lowest BCUT2D eigenvalue weighted by Gasteiger charge is -2.16. The Balaban J connectivity index is 1.56. The molecule has 0 radical (unpaired) electrons. The van der Waals surface area contributed by atoms with Crippen LogP contribution in [0, 0.1) is 0 Å². The van der Waals surface area contributed by atoms with Crippen LogP contribution in [-0.4, -0.2) is 33.0 Å². The Morgan fingerprint density at radius 1 is 1.17 bits per heavy atom. The third-order valence-corrected chi connectivity index (χ3v) is 5.87. The average Bonchev–Trinajstić information content (AvgIpc) is 3.29. The number of para-hydroxylation sites is 1. The van der Waals surface area contributed by atoms with E-state index in [1.165, 1.54) is 0 Å². The van der Waals surface area contributed by atoms with Crippen LogP contribution in [0.25, 0.3) is 11.0 Å². The van der Waals surface area contributed by atoms with Crippen LogP contribution in [-0.2, 0) is 26.9 Å². The quantitative estimate of drug-likeness (QED) is 0.654. The summed E-state index contributed by atoms with van der Waals surface area (Å²) in [7, 11) is -3.36. The van der Waals surface area contributed by atoms with Crippen LogP contribution in [0.4, 0.5) is 5.69 Å². The molecule has 3 aromatic rings. The first-order chi connectivity index (χ1) is 14.3. The van der Waals surface area contributed by atoms with Crippen molar-refractivity contribution in [2.75, 3.05) is 17.7 Å². The second-order valence-electron chi connectivity index (χ2n) is 7.48. The summed E-state index contributed by atoms with van der Waals surface area (Å²) in [5.74, 6) is -0.650. The van der Waals surface area contributed by atoms with Crippen molar-refractivity contribution >= 4 is 38.3 Å². The van der Waals surface area contributed by atoms with Crippen molar-refractivity contribution in [1.29, 1.82) is 0 Å². The van der Waals surface area contributed by atoms with Gasteiger partial charge >= 0.3 is 0 Å². The van der Waals surface area contributed by atoms with Crippen molar-refractivity contribution in [2.45, 2.75) is 25.1 Å². The van der Waals surface area contributed by atoms with E-state index in [0.29, 0.717) is 29.5 Å². The SMILES string of the molecule is CS(=O)(=O)Cc1c(C(=O)NCc2cccc(N3CCCC3=O)c2)oc2ccccc12. The number of benzene rings is 2. The number of nitrogens with one attached hydrogen (secondary N) is 1. The van der Waals surface area contributed by atoms with Gasteiger partial charge in [-0.25, -0.2) is 8.42 Å². The van der Waals surface area contributed by atoms with Crippen molar-refractivity contribution in [3.8, 4) is 0 Å². The highest BCUT2D eigenvalue weighted by Gasteiger charge is 2.24. The average molecular weight is 426 g/mol. The number of carbonyl (C=O) groups excluding carboxylic acids is 2. The van der Waals surface area contributed by atoms with Crippen molar-refractivity contribution in [3.63, 3.8) is 0 Å². The molecule has 1 fully saturated rings. The van der Waals surface area contributed by atoms with Gasteiger partial charge in [0, 0.05) is 42.4 Å². The van der Waals surface area contributed by atoms with Gasteiger partial charge in [0.05, 0.1) is 5.75 Å². The molecule has 30 heavy (non-hydrogen) atoms. The zero-order chi connectivity index (χ0) is 21.3. The fourth-order valence-corrected chi connectivity index (χ4v) is 4.52. The van der Waals surface area contributed by atoms with E-state index < -0.39 is 15.7 Å². The molecule has 2 amide bonds. The molecule has 1 N–H and O–H groups in total. The van der Waals surface area contributed by atoms with Gasteiger partial charge in [0.25, 0.3) is 5.91 Å². The third-order valence-electron chi connectivity index (χ3n) is 5.06. The fourth-order valence-electron chi connectivity index (χ4n) is 3.71. The van der Waals surface area contributed by atoms with Gasteiger partial charge in [0.15, 0.2) is 15.6 Å². The molecule has 7 nitrogen and oxygen atoms in total. The molecule has 0 spiro atoms. The Hall–Kier alpha value is -3.13. The molecule has 1 aliphatic rings. The second kappa shape index (κ2) is 7.95. The maximum absolute atomic E-state index is 12.8. The molecule has 8 heteroatoms. The van der Waals surface area contributed by atoms with Gasteiger partial charge in [-0.2, -0.15) is 0 Å². The van der Waals surface area contributed by atoms with Gasteiger partial charge in [-0.05, 0) is 30.2 Å². The maximum Gasteiger partial charge on any atom is 0.287 e. The summed E-state index contributed by atoms with van der Waals surface area (Å²) in [6, 6.07) is 14.4. The first kappa shape index (κ1) is 20.2. The van der Waals surface area contributed by atoms with Crippen LogP contribution in [0.2, 0.25) is 0 Å². The normalized spacial score (nSPS) is 14.4. The fraction of sp³-hybridized carbons (Fsp3) is 0.273. The summed E-state index contributed by atoms with van der Waals surface area (Å²) in [5.41, 5.74) is 2.48. The lowest BCUT2D eigenvalue weighted by molar-refractivity contribution is -0.117. The minimum absolute atomic E-state index is 0.00694. The van der Waals surface area contributed by atoms with E-state index in [1.807, 2.05) is 24.3 Å². The van der Waals surface area contributed by atoms with Crippen molar-refractivity contribution in [1.82, 2.24) is 5.32 Å². The molecule has 1 aromatic heterocycles. The Kier molecular flexibility index (Phi) is 5.34. The number of hydrogen-bond acceptors (Lipinski definition) is 5. The smallest absolute Gasteiger partial charge is 0.287 e. The predicted octanol–water partition coefficient (Wildman–Crippen LogP) is 3.03. The molecule has 1 saturated heterocycles. The lowest BCUT2D eigenvalue weighted by atomic mass is 10.1. The van der Waals surface area contributed by atoms with Crippen molar-refractivity contribution < 1.29 is 22.4 Å². The third kappa shape index (κ3) is 4.23. The van der Waals surface area contributed by atoms with E-state index in [1.54, 1.807) is 29.2 Å². The standard InChI is InChI=1S/C22H22N2O5S/c1-30(27,28)14-18-17-8-2-3-9-19(17)29-21(18)22(26)23-13-15-6-4-7-16(12-15)24-11-5-10-20(24)25/h2-4,6-9,12H,5,10-11,13-14H2,1H3,(H,23,26). The molecule has 0 bridgehead atoms. The Labute approximate surface area is 174 Å². The van der Waals surface area contributed by atoms with Crippen LogP contribution in [0.1, 0.15) is 34.5 Å². The molecule has 2 heterocycles. The zero-order valence-corrected chi connectivity index (χ0v) is 17.4. The molecule has 156 valence electrons. The summed E-state index contributed by atoms with van der Waals surface area (Å²) in [6.45, 7) is 0.923. The first-order valence-corrected chi connectivity index (χ1v) is 11.7. The van der Waals surface area contributed by atoms with E-state index in [2.05, 4.69) is 5.32 Å². The summed E-state index contributed by atoms with van der Waals surface area (Å²) < 4.78 is 29.4. The summed E-state index contributed by atoms with van der Waals surface area (Å²) in [4.78, 5) is 26.5. The largest absolute Gasteiger partial charge is 0.451 e. The molecule has 0 aliphatic carbocycles. The molecule has 1 aliphatic heterocycles. The number of sulfone groups is 1. The van der Waals surface area contributed by atoms with Crippen LogP contribution >= 0.6 is 0 Å². The molecule has 0 atom stereocenters. The van der Waals surface area contributed by atoms with Gasteiger partial charge < -0.3 is 14.6 Å². The van der Waals surface area contributed by atoms with E-state index in [-0.39, 0.29) is 24.0 Å². The van der Waals surface area contributed by atoms with E-state index >= 15 is 0 Å². The first-order valence-electron chi connectivity index (χ1n) is 9.67. The number of carbonyl (C=O) groups is 2. The van der Waals surface area contributed by atoms with Gasteiger partial charge in [-0.1, -0.05) is 30.3 Å². The van der Waals surface area contributed by atoms with Crippen LogP contribution < -0.4 is 10.2 Å². The van der Waals surface area contributed by atoms with E-state index in [9.17, 15) is 18.0 Å². The minimum Gasteiger partial charge on any atom is -0.451 e. The number of furan rings is 1. The van der Waals surface area contributed by atoms with Crippen LogP contribution in [0.5, 0.6) is 0 Å². The number of hydrogen-bond donors (Lipinski definition) is 1. The highest BCUT2D eigenvalue weighted by atomic mass is 32.2. The topological polar surface area (TPSA) is 96.7 Å². The Bertz CT molecular complexity index is 1230. The second-order valence-corrected chi connectivity index (χ2v) is 9.62. The highest BCUT2D eigenvalue weighted by molar-refractivity contribution is 7.89. The van der Waals surface area contributed by atoms with Gasteiger partial charge in [-0.15, -0.1) is 0 Å². The predicted molar refractivity (Wildman–Crippen MR) is 114 cm³/mol. The van der Waals surface area contributed by atoms with Gasteiger partial charge in [-0.3, -0.25) is 9.59 Å². The Morgan fingerprint density at radius 3 is 2.70 bits per heavy atom. The van der Waals surface area contributed by atoms with Gasteiger partial charge in [0.1, 0.15) is 5.58 Å². The Morgan fingerprint density at radius 2 is 1.97 bits per heavy atom. The molecule has 2 aromatic carbocycles. The molecule has 0 unspecified atom stereocenters. The van der Waals surface area contributed by atoms with E-state index in [0.717, 1.165) is 23.9 Å². The minimum atomic E-state index is -3.36. The van der Waals surface area contributed by atoms with Gasteiger partial charge in [0.2, 0.25) is 5.91 Å². The highest BCUT2D eigenvalue weighted by Crippen LogP contribution is 2.28. The summed E-state index contributed by atoms with van der Waals surface area (Å²) in [5, 5.41) is 3.41. The van der Waals surface area contributed by atoms with Crippen LogP contribution in [0.15, 0.2) is 52.9 Å². The number of fused-ring (bicyclic) bond motifs is 1. The number of rotatable bonds is 6. The lowest BCUT2D eigenvalue weighted by Crippen LogP contribution is -2.25. The molecular formula is C22H22N2O5S. The number of nitrogens with zero attached hydrogens (tertiary/aromatic N) is 1. The van der Waals surface area contributed by atoms with Crippen molar-refractivity contribution in [3.05, 3.63) is 65.4 Å². The number of amides is 2. The van der Waals surface area contributed by atoms with Crippen LogP contribution in [0.3, 0.4) is 0 Å². The number of anilines is 1. The van der Waals surface area contributed by atoms with E-state index in [4.69, 9.17) is 4.42 Å².